The zero-order valence-electron chi connectivity index (χ0n) is 26.0. The average Bonchev–Trinajstić information content (AvgIpc) is 2.99. The fourth-order valence-corrected chi connectivity index (χ4v) is 6.26. The number of unbranched alkanes of at least 4 members (excludes halogenated alkanes) is 8. The van der Waals surface area contributed by atoms with Crippen molar-refractivity contribution in [2.75, 3.05) is 39.6 Å². The van der Waals surface area contributed by atoms with Gasteiger partial charge >= 0.3 is 13.8 Å². The Balaban J connectivity index is 2.48. The molecule has 3 unspecified atom stereocenters. The number of azide groups is 1. The molecule has 0 spiro atoms. The summed E-state index contributed by atoms with van der Waals surface area (Å²) in [6.07, 6.45) is 20.0. The van der Waals surface area contributed by atoms with Gasteiger partial charge in [0.05, 0.1) is 39.1 Å². The van der Waals surface area contributed by atoms with E-state index >= 15 is 0 Å². The molecular formula is C30H57N4O7P. The van der Waals surface area contributed by atoms with E-state index in [0.717, 1.165) is 19.3 Å². The van der Waals surface area contributed by atoms with Gasteiger partial charge in [-0.15, -0.1) is 6.58 Å². The third kappa shape index (κ3) is 20.5. The highest BCUT2D eigenvalue weighted by Crippen LogP contribution is 2.49. The molecule has 0 saturated heterocycles. The van der Waals surface area contributed by atoms with Gasteiger partial charge in [0.1, 0.15) is 6.10 Å². The number of carbonyl (C=O) groups is 1. The van der Waals surface area contributed by atoms with Gasteiger partial charge in [-0.3, -0.25) is 18.4 Å². The molecule has 12 heteroatoms. The van der Waals surface area contributed by atoms with Crippen LogP contribution in [0.1, 0.15) is 116 Å². The molecule has 1 aliphatic carbocycles. The SMILES string of the molecule is C=CCOP(=O)(OCCN)OCC(COCCC(CC1CCCCC1)OC(=O)CCCCCCCCCCC)N=[N+]=[N-]. The monoisotopic (exact) mass is 616 g/mol. The van der Waals surface area contributed by atoms with Gasteiger partial charge in [0.25, 0.3) is 0 Å². The van der Waals surface area contributed by atoms with Crippen LogP contribution in [0.3, 0.4) is 0 Å². The smallest absolute Gasteiger partial charge is 0.462 e. The summed E-state index contributed by atoms with van der Waals surface area (Å²) in [5.74, 6) is 0.429. The van der Waals surface area contributed by atoms with Crippen molar-refractivity contribution in [3.63, 3.8) is 0 Å². The molecular weight excluding hydrogens is 559 g/mol. The fraction of sp³-hybridized carbons (Fsp3) is 0.900. The van der Waals surface area contributed by atoms with E-state index in [1.807, 2.05) is 0 Å². The van der Waals surface area contributed by atoms with E-state index in [1.165, 1.54) is 83.1 Å². The molecule has 11 nitrogen and oxygen atoms in total. The molecule has 1 rings (SSSR count). The highest BCUT2D eigenvalue weighted by atomic mass is 31.2. The van der Waals surface area contributed by atoms with E-state index in [2.05, 4.69) is 23.5 Å². The molecule has 42 heavy (non-hydrogen) atoms. The Morgan fingerprint density at radius 3 is 2.36 bits per heavy atom. The number of rotatable bonds is 28. The largest absolute Gasteiger partial charge is 0.475 e. The second-order valence-corrected chi connectivity index (χ2v) is 12.8. The molecule has 1 aliphatic rings. The number of hydrogen-bond acceptors (Lipinski definition) is 9. The second-order valence-electron chi connectivity index (χ2n) is 11.1. The predicted molar refractivity (Wildman–Crippen MR) is 166 cm³/mol. The summed E-state index contributed by atoms with van der Waals surface area (Å²) in [4.78, 5) is 15.5. The fourth-order valence-electron chi connectivity index (χ4n) is 5.06. The third-order valence-corrected chi connectivity index (χ3v) is 8.79. The molecule has 0 aromatic heterocycles. The molecule has 0 aromatic carbocycles. The molecule has 0 aromatic rings. The third-order valence-electron chi connectivity index (χ3n) is 7.36. The van der Waals surface area contributed by atoms with E-state index in [1.54, 1.807) is 0 Å². The van der Waals surface area contributed by atoms with Gasteiger partial charge in [0.15, 0.2) is 0 Å². The maximum atomic E-state index is 12.7. The zero-order chi connectivity index (χ0) is 30.7. The lowest BCUT2D eigenvalue weighted by Crippen LogP contribution is -2.26. The van der Waals surface area contributed by atoms with Crippen LogP contribution in [0.2, 0.25) is 0 Å². The van der Waals surface area contributed by atoms with Crippen LogP contribution in [0, 0.1) is 5.92 Å². The topological polar surface area (TPSA) is 155 Å². The van der Waals surface area contributed by atoms with Gasteiger partial charge in [-0.1, -0.05) is 102 Å². The van der Waals surface area contributed by atoms with Crippen molar-refractivity contribution in [3.05, 3.63) is 23.1 Å². The Kier molecular flexibility index (Phi) is 23.9. The minimum Gasteiger partial charge on any atom is -0.462 e. The van der Waals surface area contributed by atoms with E-state index in [9.17, 15) is 9.36 Å². The Morgan fingerprint density at radius 2 is 1.71 bits per heavy atom. The second kappa shape index (κ2) is 26.0. The first-order valence-corrected chi connectivity index (χ1v) is 17.6. The number of hydrogen-bond donors (Lipinski definition) is 1. The van der Waals surface area contributed by atoms with E-state index in [4.69, 9.17) is 34.3 Å². The zero-order valence-corrected chi connectivity index (χ0v) is 26.9. The Morgan fingerprint density at radius 1 is 1.02 bits per heavy atom. The lowest BCUT2D eigenvalue weighted by Gasteiger charge is -2.26. The molecule has 2 N–H and O–H groups in total. The summed E-state index contributed by atoms with van der Waals surface area (Å²) in [6, 6.07) is -0.747. The van der Waals surface area contributed by atoms with Gasteiger partial charge in [0, 0.05) is 24.3 Å². The van der Waals surface area contributed by atoms with Crippen molar-refractivity contribution in [2.24, 2.45) is 16.8 Å². The summed E-state index contributed by atoms with van der Waals surface area (Å²) < 4.78 is 40.1. The van der Waals surface area contributed by atoms with Crippen LogP contribution in [0.5, 0.6) is 0 Å². The van der Waals surface area contributed by atoms with Crippen molar-refractivity contribution in [2.45, 2.75) is 128 Å². The number of carbonyl (C=O) groups excluding carboxylic acids is 1. The molecule has 3 atom stereocenters. The number of phosphoric ester groups is 1. The molecule has 1 saturated carbocycles. The number of esters is 1. The van der Waals surface area contributed by atoms with Gasteiger partial charge in [-0.25, -0.2) is 4.57 Å². The Labute approximate surface area is 253 Å². The number of nitrogens with zero attached hydrogens (tertiary/aromatic N) is 3. The van der Waals surface area contributed by atoms with Crippen LogP contribution in [0.25, 0.3) is 10.4 Å². The van der Waals surface area contributed by atoms with Crippen molar-refractivity contribution in [1.82, 2.24) is 0 Å². The minimum absolute atomic E-state index is 0.0165. The number of ether oxygens (including phenoxy) is 2. The molecule has 0 radical (unpaired) electrons. The first-order valence-electron chi connectivity index (χ1n) is 16.1. The van der Waals surface area contributed by atoms with E-state index in [0.29, 0.717) is 25.4 Å². The summed E-state index contributed by atoms with van der Waals surface area (Å²) in [6.45, 7) is 5.99. The average molecular weight is 617 g/mol. The predicted octanol–water partition coefficient (Wildman–Crippen LogP) is 8.18. The lowest BCUT2D eigenvalue weighted by atomic mass is 9.85. The number of phosphoric acid groups is 1. The van der Waals surface area contributed by atoms with Gasteiger partial charge in [-0.2, -0.15) is 0 Å². The Bertz CT molecular complexity index is 792. The minimum atomic E-state index is -3.89. The first kappa shape index (κ1) is 38.6. The highest BCUT2D eigenvalue weighted by Gasteiger charge is 2.28. The van der Waals surface area contributed by atoms with Crippen LogP contribution in [-0.4, -0.2) is 57.7 Å². The molecule has 0 aliphatic heterocycles. The highest BCUT2D eigenvalue weighted by molar-refractivity contribution is 7.48. The van der Waals surface area contributed by atoms with Gasteiger partial charge < -0.3 is 15.2 Å². The van der Waals surface area contributed by atoms with Crippen molar-refractivity contribution < 1.29 is 32.4 Å². The normalized spacial score (nSPS) is 16.7. The quantitative estimate of drug-likeness (QED) is 0.0175. The molecule has 244 valence electrons. The maximum absolute atomic E-state index is 12.7. The summed E-state index contributed by atoms with van der Waals surface area (Å²) in [7, 11) is -3.89. The maximum Gasteiger partial charge on any atom is 0.475 e. The van der Waals surface area contributed by atoms with E-state index < -0.39 is 13.9 Å². The van der Waals surface area contributed by atoms with Crippen LogP contribution in [0.4, 0.5) is 0 Å². The van der Waals surface area contributed by atoms with Crippen molar-refractivity contribution in [1.29, 1.82) is 0 Å². The standard InChI is InChI=1S/C30H57N4O7P/c1-3-5-6-7-8-9-10-11-15-18-30(35)41-29(24-27-16-13-12-14-17-27)19-22-37-25-28(33-34-32)26-40-42(36,38-21-4-2)39-23-20-31/h4,27-29H,2-3,5-26,31H2,1H3. The van der Waals surface area contributed by atoms with Crippen molar-refractivity contribution >= 4 is 13.8 Å². The number of nitrogens with two attached hydrogens (primary N) is 1. The van der Waals surface area contributed by atoms with Gasteiger partial charge in [0.2, 0.25) is 0 Å². The van der Waals surface area contributed by atoms with Crippen LogP contribution in [0.15, 0.2) is 17.8 Å². The van der Waals surface area contributed by atoms with Crippen LogP contribution < -0.4 is 5.73 Å². The van der Waals surface area contributed by atoms with Crippen molar-refractivity contribution in [3.8, 4) is 0 Å². The van der Waals surface area contributed by atoms with Crippen LogP contribution >= 0.6 is 7.82 Å². The Hall–Kier alpha value is -1.45. The summed E-state index contributed by atoms with van der Waals surface area (Å²) in [5.41, 5.74) is 14.4. The molecule has 0 bridgehead atoms. The van der Waals surface area contributed by atoms with Gasteiger partial charge in [-0.05, 0) is 24.3 Å². The molecule has 1 fully saturated rings. The van der Waals surface area contributed by atoms with Crippen LogP contribution in [-0.2, 0) is 32.4 Å². The van der Waals surface area contributed by atoms with E-state index in [-0.39, 0.29) is 45.0 Å². The molecule has 0 amide bonds. The summed E-state index contributed by atoms with van der Waals surface area (Å²) >= 11 is 0. The lowest BCUT2D eigenvalue weighted by molar-refractivity contribution is -0.151. The molecule has 0 heterocycles. The first-order chi connectivity index (χ1) is 20.5. The summed E-state index contributed by atoms with van der Waals surface area (Å²) in [5, 5.41) is 3.69.